The highest BCUT2D eigenvalue weighted by Crippen LogP contribution is 2.27. The number of hydrogen-bond donors (Lipinski definition) is 2. The van der Waals surface area contributed by atoms with Gasteiger partial charge < -0.3 is 20.1 Å². The predicted octanol–water partition coefficient (Wildman–Crippen LogP) is 3.42. The highest BCUT2D eigenvalue weighted by molar-refractivity contribution is 6.39. The average Bonchev–Trinajstić information content (AvgIpc) is 3.05. The van der Waals surface area contributed by atoms with Crippen molar-refractivity contribution < 1.29 is 19.1 Å². The largest absolute Gasteiger partial charge is 0.490 e. The second-order valence-corrected chi connectivity index (χ2v) is 8.39. The quantitative estimate of drug-likeness (QED) is 0.611. The fourth-order valence-corrected chi connectivity index (χ4v) is 3.98. The number of aromatic nitrogens is 2. The summed E-state index contributed by atoms with van der Waals surface area (Å²) in [6, 6.07) is 5.92. The molecule has 8 heteroatoms. The maximum Gasteiger partial charge on any atom is 0.313 e. The first-order chi connectivity index (χ1) is 15.4. The predicted molar refractivity (Wildman–Crippen MR) is 123 cm³/mol. The molecule has 0 spiro atoms. The molecule has 32 heavy (non-hydrogen) atoms. The first-order valence-electron chi connectivity index (χ1n) is 11.3. The molecule has 0 saturated heterocycles. The normalized spacial score (nSPS) is 14.2. The summed E-state index contributed by atoms with van der Waals surface area (Å²) in [4.78, 5) is 25.0. The van der Waals surface area contributed by atoms with Crippen LogP contribution in [0.2, 0.25) is 0 Å². The highest BCUT2D eigenvalue weighted by atomic mass is 16.5. The number of aryl methyl sites for hydroxylation is 2. The van der Waals surface area contributed by atoms with Crippen LogP contribution in [-0.4, -0.2) is 41.4 Å². The molecular formula is C24H34N4O4. The number of carbonyl (C=O) groups is 2. The van der Waals surface area contributed by atoms with Crippen LogP contribution in [-0.2, 0) is 27.4 Å². The Hall–Kier alpha value is -2.87. The van der Waals surface area contributed by atoms with Gasteiger partial charge in [-0.25, -0.2) is 0 Å². The van der Waals surface area contributed by atoms with Crippen LogP contribution in [0.1, 0.15) is 54.6 Å². The monoisotopic (exact) mass is 442 g/mol. The van der Waals surface area contributed by atoms with Crippen molar-refractivity contribution in [1.29, 1.82) is 0 Å². The molecule has 1 aromatic carbocycles. The smallest absolute Gasteiger partial charge is 0.313 e. The Bertz CT molecular complexity index is 948. The van der Waals surface area contributed by atoms with Gasteiger partial charge in [0.05, 0.1) is 36.3 Å². The van der Waals surface area contributed by atoms with Crippen molar-refractivity contribution in [2.24, 2.45) is 0 Å². The number of anilines is 1. The first kappa shape index (κ1) is 23.8. The first-order valence-corrected chi connectivity index (χ1v) is 11.3. The number of benzene rings is 1. The SMILES string of the molecule is COCCn1nc(C)c(NC(=O)C(=O)NCc2ccc(C)cc2OC2CCCCC2)c1C. The lowest BCUT2D eigenvalue weighted by Crippen LogP contribution is -2.35. The molecule has 0 aliphatic heterocycles. The molecule has 8 nitrogen and oxygen atoms in total. The summed E-state index contributed by atoms with van der Waals surface area (Å²) >= 11 is 0. The van der Waals surface area contributed by atoms with E-state index in [2.05, 4.69) is 15.7 Å². The van der Waals surface area contributed by atoms with Crippen molar-refractivity contribution in [3.8, 4) is 5.75 Å². The second-order valence-electron chi connectivity index (χ2n) is 8.39. The molecule has 1 aromatic heterocycles. The van der Waals surface area contributed by atoms with Crippen molar-refractivity contribution in [1.82, 2.24) is 15.1 Å². The number of amides is 2. The van der Waals surface area contributed by atoms with Crippen molar-refractivity contribution >= 4 is 17.5 Å². The Morgan fingerprint density at radius 2 is 1.88 bits per heavy atom. The van der Waals surface area contributed by atoms with Crippen LogP contribution in [0, 0.1) is 20.8 Å². The van der Waals surface area contributed by atoms with Crippen LogP contribution in [0.15, 0.2) is 18.2 Å². The van der Waals surface area contributed by atoms with Crippen molar-refractivity contribution in [3.63, 3.8) is 0 Å². The number of nitrogens with one attached hydrogen (secondary N) is 2. The van der Waals surface area contributed by atoms with Gasteiger partial charge in [-0.3, -0.25) is 14.3 Å². The van der Waals surface area contributed by atoms with Gasteiger partial charge in [0, 0.05) is 19.2 Å². The standard InChI is InChI=1S/C24H34N4O4/c1-16-10-11-19(21(14-16)32-20-8-6-5-7-9-20)15-25-23(29)24(30)26-22-17(2)27-28(18(22)3)12-13-31-4/h10-11,14,20H,5-9,12-13,15H2,1-4H3,(H,25,29)(H,26,30). The van der Waals surface area contributed by atoms with Crippen LogP contribution >= 0.6 is 0 Å². The summed E-state index contributed by atoms with van der Waals surface area (Å²) in [7, 11) is 1.62. The number of rotatable bonds is 8. The van der Waals surface area contributed by atoms with Gasteiger partial charge in [-0.15, -0.1) is 0 Å². The van der Waals surface area contributed by atoms with E-state index >= 15 is 0 Å². The molecule has 2 N–H and O–H groups in total. The molecule has 1 aliphatic rings. The maximum atomic E-state index is 12.5. The third kappa shape index (κ3) is 6.09. The minimum absolute atomic E-state index is 0.212. The third-order valence-electron chi connectivity index (χ3n) is 5.84. The Balaban J connectivity index is 1.61. The molecule has 2 amide bonds. The summed E-state index contributed by atoms with van der Waals surface area (Å²) in [5.41, 5.74) is 3.95. The fourth-order valence-electron chi connectivity index (χ4n) is 3.98. The van der Waals surface area contributed by atoms with Gasteiger partial charge >= 0.3 is 11.8 Å². The van der Waals surface area contributed by atoms with E-state index in [4.69, 9.17) is 9.47 Å². The minimum atomic E-state index is -0.718. The van der Waals surface area contributed by atoms with Gasteiger partial charge in [0.1, 0.15) is 5.75 Å². The van der Waals surface area contributed by atoms with Crippen LogP contribution < -0.4 is 15.4 Å². The lowest BCUT2D eigenvalue weighted by molar-refractivity contribution is -0.136. The highest BCUT2D eigenvalue weighted by Gasteiger charge is 2.20. The van der Waals surface area contributed by atoms with Crippen LogP contribution in [0.25, 0.3) is 0 Å². The van der Waals surface area contributed by atoms with Gasteiger partial charge in [0.25, 0.3) is 0 Å². The zero-order chi connectivity index (χ0) is 23.1. The number of hydrogen-bond acceptors (Lipinski definition) is 5. The summed E-state index contributed by atoms with van der Waals surface area (Å²) in [5, 5.41) is 9.81. The molecule has 0 atom stereocenters. The third-order valence-corrected chi connectivity index (χ3v) is 5.84. The summed E-state index contributed by atoms with van der Waals surface area (Å²) < 4.78 is 13.1. The van der Waals surface area contributed by atoms with Crippen molar-refractivity contribution in [2.45, 2.75) is 72.1 Å². The van der Waals surface area contributed by atoms with E-state index in [9.17, 15) is 9.59 Å². The molecule has 1 fully saturated rings. The average molecular weight is 443 g/mol. The number of nitrogens with zero attached hydrogens (tertiary/aromatic N) is 2. The van der Waals surface area contributed by atoms with E-state index in [1.807, 2.05) is 32.0 Å². The molecular weight excluding hydrogens is 408 g/mol. The van der Waals surface area contributed by atoms with Gasteiger partial charge in [-0.05, 0) is 58.1 Å². The van der Waals surface area contributed by atoms with Crippen molar-refractivity contribution in [2.75, 3.05) is 19.0 Å². The summed E-state index contributed by atoms with van der Waals surface area (Å²) in [6.07, 6.45) is 5.95. The Morgan fingerprint density at radius 3 is 2.59 bits per heavy atom. The number of ether oxygens (including phenoxy) is 2. The van der Waals surface area contributed by atoms with Crippen LogP contribution in [0.4, 0.5) is 5.69 Å². The van der Waals surface area contributed by atoms with Crippen LogP contribution in [0.3, 0.4) is 0 Å². The zero-order valence-electron chi connectivity index (χ0n) is 19.5. The van der Waals surface area contributed by atoms with E-state index in [0.29, 0.717) is 24.5 Å². The van der Waals surface area contributed by atoms with Gasteiger partial charge in [-0.2, -0.15) is 5.10 Å². The number of methoxy groups -OCH3 is 1. The number of carbonyl (C=O) groups excluding carboxylic acids is 2. The van der Waals surface area contributed by atoms with E-state index in [-0.39, 0.29) is 12.6 Å². The second kappa shape index (κ2) is 11.1. The van der Waals surface area contributed by atoms with E-state index in [1.165, 1.54) is 19.3 Å². The Kier molecular flexibility index (Phi) is 8.27. The topological polar surface area (TPSA) is 94.5 Å². The molecule has 0 bridgehead atoms. The Morgan fingerprint density at radius 1 is 1.12 bits per heavy atom. The van der Waals surface area contributed by atoms with Gasteiger partial charge in [-0.1, -0.05) is 18.6 Å². The zero-order valence-corrected chi connectivity index (χ0v) is 19.5. The molecule has 0 unspecified atom stereocenters. The molecule has 1 aliphatic carbocycles. The summed E-state index contributed by atoms with van der Waals surface area (Å²) in [5.74, 6) is -0.634. The van der Waals surface area contributed by atoms with Crippen molar-refractivity contribution in [3.05, 3.63) is 40.7 Å². The maximum absolute atomic E-state index is 12.5. The molecule has 2 aromatic rings. The van der Waals surface area contributed by atoms with Crippen LogP contribution in [0.5, 0.6) is 5.75 Å². The van der Waals surface area contributed by atoms with Gasteiger partial charge in [0.15, 0.2) is 0 Å². The molecule has 0 radical (unpaired) electrons. The summed E-state index contributed by atoms with van der Waals surface area (Å²) in [6.45, 7) is 6.97. The molecule has 3 rings (SSSR count). The molecule has 1 saturated carbocycles. The Labute approximate surface area is 189 Å². The molecule has 1 heterocycles. The minimum Gasteiger partial charge on any atom is -0.490 e. The van der Waals surface area contributed by atoms with E-state index in [0.717, 1.165) is 35.4 Å². The molecule has 174 valence electrons. The van der Waals surface area contributed by atoms with E-state index in [1.54, 1.807) is 18.7 Å². The van der Waals surface area contributed by atoms with Gasteiger partial charge in [0.2, 0.25) is 0 Å². The lowest BCUT2D eigenvalue weighted by atomic mass is 9.97. The van der Waals surface area contributed by atoms with E-state index < -0.39 is 11.8 Å². The lowest BCUT2D eigenvalue weighted by Gasteiger charge is -2.24. The fraction of sp³-hybridized carbons (Fsp3) is 0.542.